The third kappa shape index (κ3) is 7.21. The minimum Gasteiger partial charge on any atom is -0.487 e. The summed E-state index contributed by atoms with van der Waals surface area (Å²) in [5.41, 5.74) is 8.23. The topological polar surface area (TPSA) is 78.9 Å². The predicted molar refractivity (Wildman–Crippen MR) is 169 cm³/mol. The zero-order chi connectivity index (χ0) is 29.9. The number of benzene rings is 4. The molecule has 0 aliphatic heterocycles. The number of aliphatic hydroxyl groups is 1. The molecule has 4 aromatic rings. The van der Waals surface area contributed by atoms with E-state index in [1.807, 2.05) is 54.6 Å². The van der Waals surface area contributed by atoms with E-state index in [0.717, 1.165) is 24.7 Å². The molecule has 0 saturated heterocycles. The summed E-state index contributed by atoms with van der Waals surface area (Å²) in [6, 6.07) is 29.9. The molecule has 0 heterocycles. The number of anilines is 1. The van der Waals surface area contributed by atoms with Crippen molar-refractivity contribution in [1.82, 2.24) is 4.90 Å². The smallest absolute Gasteiger partial charge is 0.229 e. The Morgan fingerprint density at radius 3 is 2.02 bits per heavy atom. The monoisotopic (exact) mass is 584 g/mol. The first kappa shape index (κ1) is 29.8. The van der Waals surface area contributed by atoms with Gasteiger partial charge >= 0.3 is 0 Å². The van der Waals surface area contributed by atoms with Gasteiger partial charge in [-0.05, 0) is 84.7 Å². The highest BCUT2D eigenvalue weighted by Gasteiger charge is 2.39. The highest BCUT2D eigenvalue weighted by atomic mass is 32.2. The van der Waals surface area contributed by atoms with Crippen molar-refractivity contribution < 1.29 is 18.3 Å². The van der Waals surface area contributed by atoms with Crippen LogP contribution in [0.15, 0.2) is 91.0 Å². The van der Waals surface area contributed by atoms with E-state index < -0.39 is 16.1 Å². The number of β-amino-alcohol motifs (C(OH)–C–C–N with tert-alkyl or cyclic N) is 1. The average Bonchev–Trinajstić information content (AvgIpc) is 3.28. The highest BCUT2D eigenvalue weighted by Crippen LogP contribution is 2.38. The number of fused-ring (bicyclic) bond motifs is 1. The van der Waals surface area contributed by atoms with E-state index in [0.29, 0.717) is 36.7 Å². The molecule has 0 spiro atoms. The van der Waals surface area contributed by atoms with Gasteiger partial charge in [0.25, 0.3) is 0 Å². The van der Waals surface area contributed by atoms with E-state index in [1.165, 1.54) is 27.8 Å². The van der Waals surface area contributed by atoms with Gasteiger partial charge in [-0.2, -0.15) is 0 Å². The quantitative estimate of drug-likeness (QED) is 0.215. The van der Waals surface area contributed by atoms with E-state index in [2.05, 4.69) is 54.7 Å². The summed E-state index contributed by atoms with van der Waals surface area (Å²) < 4.78 is 33.0. The van der Waals surface area contributed by atoms with Gasteiger partial charge in [-0.15, -0.1) is 0 Å². The van der Waals surface area contributed by atoms with Crippen LogP contribution in [-0.4, -0.2) is 36.8 Å². The van der Waals surface area contributed by atoms with Crippen LogP contribution in [0.3, 0.4) is 0 Å². The summed E-state index contributed by atoms with van der Waals surface area (Å²) >= 11 is 0. The Morgan fingerprint density at radius 2 is 1.45 bits per heavy atom. The second kappa shape index (κ2) is 12.3. The molecule has 1 atom stereocenters. The van der Waals surface area contributed by atoms with Gasteiger partial charge in [0.1, 0.15) is 12.4 Å². The molecule has 1 aliphatic carbocycles. The van der Waals surface area contributed by atoms with E-state index in [-0.39, 0.29) is 5.54 Å². The molecule has 0 aromatic heterocycles. The number of rotatable bonds is 11. The Morgan fingerprint density at radius 1 is 0.881 bits per heavy atom. The maximum Gasteiger partial charge on any atom is 0.229 e. The molecule has 0 fully saturated rings. The lowest BCUT2D eigenvalue weighted by Gasteiger charge is -2.40. The molecular weight excluding hydrogens is 544 g/mol. The number of hydrogen-bond acceptors (Lipinski definition) is 5. The Balaban J connectivity index is 1.41. The first-order valence-electron chi connectivity index (χ1n) is 14.3. The molecule has 0 radical (unpaired) electrons. The minimum atomic E-state index is -3.57. The molecule has 0 amide bonds. The van der Waals surface area contributed by atoms with Crippen LogP contribution in [0.25, 0.3) is 0 Å². The Labute approximate surface area is 250 Å². The molecule has 2 N–H and O–H groups in total. The lowest BCUT2D eigenvalue weighted by Crippen LogP contribution is -2.48. The summed E-state index contributed by atoms with van der Waals surface area (Å²) in [7, 11) is -3.57. The first-order valence-corrected chi connectivity index (χ1v) is 16.2. The average molecular weight is 585 g/mol. The van der Waals surface area contributed by atoms with Gasteiger partial charge in [-0.1, -0.05) is 78.9 Å². The van der Waals surface area contributed by atoms with E-state index in [4.69, 9.17) is 4.74 Å². The normalized spacial score (nSPS) is 14.9. The number of ether oxygens (including phenoxy) is 1. The van der Waals surface area contributed by atoms with Crippen molar-refractivity contribution in [2.24, 2.45) is 0 Å². The largest absolute Gasteiger partial charge is 0.487 e. The van der Waals surface area contributed by atoms with Crippen LogP contribution in [-0.2, 0) is 36.0 Å². The lowest BCUT2D eigenvalue weighted by atomic mass is 9.93. The summed E-state index contributed by atoms with van der Waals surface area (Å²) in [5.74, 6) is 0.408. The molecule has 220 valence electrons. The number of sulfonamides is 1. The third-order valence-corrected chi connectivity index (χ3v) is 8.84. The fraction of sp³-hybridized carbons (Fsp3) is 0.314. The SMILES string of the molecule is Cc1cc2c(cc1C)CC(C)(N(Cc1ccccc1)CC(O)c1ccc(OCc3ccccc3)c(NS(C)(=O)=O)c1)C2. The number of aryl methyl sites for hydroxylation is 2. The van der Waals surface area contributed by atoms with E-state index >= 15 is 0 Å². The number of aliphatic hydroxyl groups excluding tert-OH is 1. The van der Waals surface area contributed by atoms with Crippen molar-refractivity contribution in [2.75, 3.05) is 17.5 Å². The second-order valence-corrected chi connectivity index (χ2v) is 13.6. The molecular formula is C35H40N2O4S. The van der Waals surface area contributed by atoms with Crippen LogP contribution in [0, 0.1) is 13.8 Å². The lowest BCUT2D eigenvalue weighted by molar-refractivity contribution is 0.0391. The Bertz CT molecular complexity index is 1610. The molecule has 6 nitrogen and oxygen atoms in total. The van der Waals surface area contributed by atoms with Gasteiger partial charge in [0.05, 0.1) is 18.0 Å². The number of nitrogens with one attached hydrogen (secondary N) is 1. The maximum atomic E-state index is 12.2. The van der Waals surface area contributed by atoms with E-state index in [9.17, 15) is 13.5 Å². The zero-order valence-electron chi connectivity index (χ0n) is 24.8. The van der Waals surface area contributed by atoms with E-state index in [1.54, 1.807) is 12.1 Å². The van der Waals surface area contributed by atoms with Crippen LogP contribution < -0.4 is 9.46 Å². The van der Waals surface area contributed by atoms with Crippen molar-refractivity contribution >= 4 is 15.7 Å². The van der Waals surface area contributed by atoms with Gasteiger partial charge in [0.15, 0.2) is 0 Å². The highest BCUT2D eigenvalue weighted by molar-refractivity contribution is 7.92. The molecule has 7 heteroatoms. The molecule has 1 unspecified atom stereocenters. The summed E-state index contributed by atoms with van der Waals surface area (Å²) in [5, 5.41) is 11.6. The van der Waals surface area contributed by atoms with Crippen LogP contribution in [0.5, 0.6) is 5.75 Å². The summed E-state index contributed by atoms with van der Waals surface area (Å²) in [6.45, 7) is 7.97. The van der Waals surface area contributed by atoms with Crippen LogP contribution in [0.1, 0.15) is 52.0 Å². The molecule has 0 bridgehead atoms. The van der Waals surface area contributed by atoms with Gasteiger partial charge in [-0.25, -0.2) is 8.42 Å². The number of hydrogen-bond donors (Lipinski definition) is 2. The Kier molecular flexibility index (Phi) is 8.73. The Hall–Kier alpha value is -3.65. The van der Waals surface area contributed by atoms with Crippen LogP contribution in [0.4, 0.5) is 5.69 Å². The van der Waals surface area contributed by atoms with Crippen molar-refractivity contribution in [1.29, 1.82) is 0 Å². The fourth-order valence-electron chi connectivity index (χ4n) is 5.86. The minimum absolute atomic E-state index is 0.189. The fourth-order valence-corrected chi connectivity index (χ4v) is 6.42. The van der Waals surface area contributed by atoms with Gasteiger partial charge in [0, 0.05) is 18.6 Å². The van der Waals surface area contributed by atoms with Gasteiger partial charge in [-0.3, -0.25) is 9.62 Å². The first-order chi connectivity index (χ1) is 20.0. The van der Waals surface area contributed by atoms with Crippen molar-refractivity contribution in [3.8, 4) is 5.75 Å². The third-order valence-electron chi connectivity index (χ3n) is 8.25. The van der Waals surface area contributed by atoms with Crippen molar-refractivity contribution in [3.63, 3.8) is 0 Å². The molecule has 1 aliphatic rings. The molecule has 5 rings (SSSR count). The van der Waals surface area contributed by atoms with Gasteiger partial charge < -0.3 is 9.84 Å². The molecule has 0 saturated carbocycles. The number of nitrogens with zero attached hydrogens (tertiary/aromatic N) is 1. The summed E-state index contributed by atoms with van der Waals surface area (Å²) in [6.07, 6.45) is 2.06. The molecule has 42 heavy (non-hydrogen) atoms. The molecule has 4 aromatic carbocycles. The van der Waals surface area contributed by atoms with Gasteiger partial charge in [0.2, 0.25) is 10.0 Å². The van der Waals surface area contributed by atoms with Crippen molar-refractivity contribution in [2.45, 2.75) is 58.4 Å². The van der Waals surface area contributed by atoms with Crippen molar-refractivity contribution in [3.05, 3.63) is 130 Å². The van der Waals surface area contributed by atoms with Crippen LogP contribution in [0.2, 0.25) is 0 Å². The zero-order valence-corrected chi connectivity index (χ0v) is 25.6. The summed E-state index contributed by atoms with van der Waals surface area (Å²) in [4.78, 5) is 2.38. The standard InChI is InChI=1S/C35H40N2O4S/c1-25-17-30-20-35(3,21-31(30)18-26(25)2)37(22-27-11-7-5-8-12-27)23-33(38)29-15-16-34(32(19-29)36-42(4,39)40)41-24-28-13-9-6-10-14-28/h5-19,33,36,38H,20-24H2,1-4H3. The predicted octanol–water partition coefficient (Wildman–Crippen LogP) is 6.35. The second-order valence-electron chi connectivity index (χ2n) is 11.8. The maximum absolute atomic E-state index is 12.2. The van der Waals surface area contributed by atoms with Crippen LogP contribution >= 0.6 is 0 Å².